The van der Waals surface area contributed by atoms with Gasteiger partial charge in [-0.1, -0.05) is 12.1 Å². The van der Waals surface area contributed by atoms with Crippen LogP contribution in [-0.4, -0.2) is 36.0 Å². The number of ether oxygens (including phenoxy) is 1. The summed E-state index contributed by atoms with van der Waals surface area (Å²) in [5, 5.41) is 8.90. The van der Waals surface area contributed by atoms with Gasteiger partial charge in [0.25, 0.3) is 5.91 Å². The minimum Gasteiger partial charge on any atom is -0.494 e. The Bertz CT molecular complexity index is 739. The lowest BCUT2D eigenvalue weighted by atomic mass is 10.1. The number of hydrogen-bond donors (Lipinski definition) is 1. The van der Waals surface area contributed by atoms with Gasteiger partial charge < -0.3 is 14.7 Å². The van der Waals surface area contributed by atoms with Gasteiger partial charge in [0.2, 0.25) is 0 Å². The van der Waals surface area contributed by atoms with Gasteiger partial charge in [0.15, 0.2) is 5.75 Å². The van der Waals surface area contributed by atoms with Gasteiger partial charge in [0.05, 0.1) is 17.1 Å². The maximum atomic E-state index is 12.6. The first-order chi connectivity index (χ1) is 10.8. The summed E-state index contributed by atoms with van der Waals surface area (Å²) in [7, 11) is 3.24. The van der Waals surface area contributed by atoms with Gasteiger partial charge in [0.1, 0.15) is 4.88 Å². The summed E-state index contributed by atoms with van der Waals surface area (Å²) in [6.45, 7) is 2.30. The van der Waals surface area contributed by atoms with E-state index in [0.29, 0.717) is 17.2 Å². The number of nitrogens with zero attached hydrogens (tertiary/aromatic N) is 1. The van der Waals surface area contributed by atoms with Crippen LogP contribution in [0.1, 0.15) is 30.5 Å². The standard InChI is InChI=1S/C16H16BrNO4S/c1-9-12(17)13(22-3)14(23-9)15(19)18(2)8-10-4-6-11(7-5-10)16(20)21/h4-7H,8H2,1-3H3,(H,20,21). The first-order valence-electron chi connectivity index (χ1n) is 6.75. The second kappa shape index (κ2) is 7.14. The van der Waals surface area contributed by atoms with Crippen LogP contribution in [0.25, 0.3) is 0 Å². The summed E-state index contributed by atoms with van der Waals surface area (Å²) in [5.74, 6) is -0.557. The third kappa shape index (κ3) is 3.73. The van der Waals surface area contributed by atoms with E-state index >= 15 is 0 Å². The monoisotopic (exact) mass is 397 g/mol. The van der Waals surface area contributed by atoms with Crippen LogP contribution in [0.5, 0.6) is 5.75 Å². The van der Waals surface area contributed by atoms with Gasteiger partial charge in [-0.05, 0) is 40.5 Å². The average molecular weight is 398 g/mol. The molecule has 23 heavy (non-hydrogen) atoms. The van der Waals surface area contributed by atoms with Crippen molar-refractivity contribution < 1.29 is 19.4 Å². The fraction of sp³-hybridized carbons (Fsp3) is 0.250. The van der Waals surface area contributed by atoms with Crippen molar-refractivity contribution in [3.05, 3.63) is 49.6 Å². The van der Waals surface area contributed by atoms with E-state index in [1.54, 1.807) is 24.1 Å². The molecular weight excluding hydrogens is 382 g/mol. The Morgan fingerprint density at radius 1 is 1.30 bits per heavy atom. The molecule has 122 valence electrons. The van der Waals surface area contributed by atoms with Crippen molar-refractivity contribution in [1.29, 1.82) is 0 Å². The molecule has 0 saturated carbocycles. The van der Waals surface area contributed by atoms with Crippen molar-refractivity contribution in [2.24, 2.45) is 0 Å². The van der Waals surface area contributed by atoms with Crippen LogP contribution in [0, 0.1) is 6.92 Å². The molecule has 5 nitrogen and oxygen atoms in total. The first kappa shape index (κ1) is 17.5. The Kier molecular flexibility index (Phi) is 5.43. The first-order valence-corrected chi connectivity index (χ1v) is 8.36. The van der Waals surface area contributed by atoms with Crippen molar-refractivity contribution in [2.45, 2.75) is 13.5 Å². The van der Waals surface area contributed by atoms with Crippen LogP contribution >= 0.6 is 27.3 Å². The van der Waals surface area contributed by atoms with Crippen LogP contribution in [0.2, 0.25) is 0 Å². The molecule has 0 unspecified atom stereocenters. The molecule has 0 radical (unpaired) electrons. The lowest BCUT2D eigenvalue weighted by Gasteiger charge is -2.17. The maximum absolute atomic E-state index is 12.6. The number of thiophene rings is 1. The van der Waals surface area contributed by atoms with Gasteiger partial charge >= 0.3 is 5.97 Å². The topological polar surface area (TPSA) is 66.8 Å². The number of carbonyl (C=O) groups is 2. The number of benzene rings is 1. The van der Waals surface area contributed by atoms with Gasteiger partial charge in [-0.3, -0.25) is 4.79 Å². The number of carboxylic acids is 1. The molecule has 7 heteroatoms. The molecule has 2 aromatic rings. The zero-order valence-corrected chi connectivity index (χ0v) is 15.3. The summed E-state index contributed by atoms with van der Waals surface area (Å²) in [4.78, 5) is 26.6. The number of hydrogen-bond acceptors (Lipinski definition) is 4. The summed E-state index contributed by atoms with van der Waals surface area (Å²) in [6.07, 6.45) is 0. The zero-order chi connectivity index (χ0) is 17.1. The predicted molar refractivity (Wildman–Crippen MR) is 92.5 cm³/mol. The van der Waals surface area contributed by atoms with Gasteiger partial charge in [-0.25, -0.2) is 4.79 Å². The maximum Gasteiger partial charge on any atom is 0.335 e. The van der Waals surface area contributed by atoms with Gasteiger partial charge in [-0.2, -0.15) is 0 Å². The highest BCUT2D eigenvalue weighted by Crippen LogP contribution is 2.39. The molecule has 0 saturated heterocycles. The highest BCUT2D eigenvalue weighted by Gasteiger charge is 2.23. The second-order valence-corrected chi connectivity index (χ2v) is 7.02. The van der Waals surface area contributed by atoms with E-state index in [1.165, 1.54) is 30.6 Å². The van der Waals surface area contributed by atoms with E-state index in [0.717, 1.165) is 14.9 Å². The van der Waals surface area contributed by atoms with E-state index in [1.807, 2.05) is 6.92 Å². The molecular formula is C16H16BrNO4S. The highest BCUT2D eigenvalue weighted by atomic mass is 79.9. The predicted octanol–water partition coefficient (Wildman–Crippen LogP) is 3.80. The molecule has 0 aliphatic carbocycles. The zero-order valence-electron chi connectivity index (χ0n) is 12.9. The molecule has 0 fully saturated rings. The second-order valence-electron chi connectivity index (χ2n) is 5.00. The molecule has 1 heterocycles. The highest BCUT2D eigenvalue weighted by molar-refractivity contribution is 9.10. The summed E-state index contributed by atoms with van der Waals surface area (Å²) >= 11 is 4.80. The minimum absolute atomic E-state index is 0.136. The van der Waals surface area contributed by atoms with Crippen molar-refractivity contribution in [3.8, 4) is 5.75 Å². The van der Waals surface area contributed by atoms with Crippen molar-refractivity contribution in [1.82, 2.24) is 4.90 Å². The minimum atomic E-state index is -0.968. The molecule has 2 rings (SSSR count). The van der Waals surface area contributed by atoms with E-state index < -0.39 is 5.97 Å². The van der Waals surface area contributed by atoms with E-state index in [4.69, 9.17) is 9.84 Å². The quantitative estimate of drug-likeness (QED) is 0.832. The molecule has 1 aromatic carbocycles. The van der Waals surface area contributed by atoms with E-state index in [9.17, 15) is 9.59 Å². The summed E-state index contributed by atoms with van der Waals surface area (Å²) in [5.41, 5.74) is 1.08. The van der Waals surface area contributed by atoms with Gasteiger partial charge in [0, 0.05) is 18.5 Å². The van der Waals surface area contributed by atoms with Crippen LogP contribution < -0.4 is 4.74 Å². The number of carboxylic acid groups (broad SMARTS) is 1. The molecule has 1 amide bonds. The molecule has 1 N–H and O–H groups in total. The lowest BCUT2D eigenvalue weighted by Crippen LogP contribution is -2.25. The number of aromatic carboxylic acids is 1. The molecule has 0 aliphatic heterocycles. The van der Waals surface area contributed by atoms with Crippen LogP contribution in [0.3, 0.4) is 0 Å². The number of amides is 1. The van der Waals surface area contributed by atoms with Gasteiger partial charge in [-0.15, -0.1) is 11.3 Å². The third-order valence-electron chi connectivity index (χ3n) is 3.34. The summed E-state index contributed by atoms with van der Waals surface area (Å²) < 4.78 is 6.11. The lowest BCUT2D eigenvalue weighted by molar-refractivity contribution is 0.0695. The fourth-order valence-corrected chi connectivity index (χ4v) is 3.84. The van der Waals surface area contributed by atoms with Crippen molar-refractivity contribution in [2.75, 3.05) is 14.2 Å². The van der Waals surface area contributed by atoms with Crippen molar-refractivity contribution >= 4 is 39.1 Å². The molecule has 0 spiro atoms. The normalized spacial score (nSPS) is 10.4. The molecule has 0 bridgehead atoms. The van der Waals surface area contributed by atoms with Crippen LogP contribution in [-0.2, 0) is 6.54 Å². The van der Waals surface area contributed by atoms with E-state index in [2.05, 4.69) is 15.9 Å². The molecule has 0 aliphatic rings. The Hall–Kier alpha value is -1.86. The third-order valence-corrected chi connectivity index (χ3v) is 5.63. The Morgan fingerprint density at radius 3 is 2.43 bits per heavy atom. The van der Waals surface area contributed by atoms with Crippen LogP contribution in [0.15, 0.2) is 28.7 Å². The largest absolute Gasteiger partial charge is 0.494 e. The average Bonchev–Trinajstić information content (AvgIpc) is 2.81. The number of halogens is 1. The SMILES string of the molecule is COc1c(C(=O)N(C)Cc2ccc(C(=O)O)cc2)sc(C)c1Br. The number of rotatable bonds is 5. The molecule has 0 atom stereocenters. The summed E-state index contributed by atoms with van der Waals surface area (Å²) in [6, 6.07) is 6.48. The number of aryl methyl sites for hydroxylation is 1. The Labute approximate surface area is 146 Å². The fourth-order valence-electron chi connectivity index (χ4n) is 2.10. The molecule has 1 aromatic heterocycles. The number of methoxy groups -OCH3 is 1. The van der Waals surface area contributed by atoms with Crippen molar-refractivity contribution in [3.63, 3.8) is 0 Å². The Morgan fingerprint density at radius 2 is 1.91 bits per heavy atom. The number of carbonyl (C=O) groups excluding carboxylic acids is 1. The smallest absolute Gasteiger partial charge is 0.335 e. The van der Waals surface area contributed by atoms with E-state index in [-0.39, 0.29) is 11.5 Å². The van der Waals surface area contributed by atoms with Crippen LogP contribution in [0.4, 0.5) is 0 Å². The Balaban J connectivity index is 2.17.